The summed E-state index contributed by atoms with van der Waals surface area (Å²) in [6, 6.07) is 7.29. The van der Waals surface area contributed by atoms with Crippen LogP contribution in [0.3, 0.4) is 0 Å². The highest BCUT2D eigenvalue weighted by molar-refractivity contribution is 5.43. The van der Waals surface area contributed by atoms with E-state index in [4.69, 9.17) is 9.47 Å². The maximum Gasteiger partial charge on any atom is 0.161 e. The lowest BCUT2D eigenvalue weighted by molar-refractivity contribution is -0.0290. The Bertz CT molecular complexity index is 600. The molecule has 1 saturated carbocycles. The van der Waals surface area contributed by atoms with Gasteiger partial charge in [0, 0.05) is 25.7 Å². The number of hydrogen-bond acceptors (Lipinski definition) is 4. The van der Waals surface area contributed by atoms with Crippen LogP contribution in [0.15, 0.2) is 18.2 Å². The average molecular weight is 373 g/mol. The fourth-order valence-electron chi connectivity index (χ4n) is 5.79. The lowest BCUT2D eigenvalue weighted by atomic mass is 9.72. The molecule has 4 nitrogen and oxygen atoms in total. The quantitative estimate of drug-likeness (QED) is 0.748. The van der Waals surface area contributed by atoms with E-state index in [0.717, 1.165) is 35.9 Å². The Hall–Kier alpha value is -1.26. The molecule has 3 fully saturated rings. The van der Waals surface area contributed by atoms with Crippen LogP contribution in [0.25, 0.3) is 0 Å². The number of likely N-dealkylation sites (tertiary alicyclic amines) is 2. The third-order valence-corrected chi connectivity index (χ3v) is 6.85. The molecule has 4 heteroatoms. The van der Waals surface area contributed by atoms with Crippen molar-refractivity contribution in [2.24, 2.45) is 11.8 Å². The normalized spacial score (nSPS) is 29.5. The summed E-state index contributed by atoms with van der Waals surface area (Å²) in [6.07, 6.45) is 8.52. The van der Waals surface area contributed by atoms with Crippen LogP contribution in [0.1, 0.15) is 51.0 Å². The zero-order valence-corrected chi connectivity index (χ0v) is 17.2. The first-order valence-corrected chi connectivity index (χ1v) is 11.0. The summed E-state index contributed by atoms with van der Waals surface area (Å²) in [5, 5.41) is 0. The van der Waals surface area contributed by atoms with Gasteiger partial charge in [-0.15, -0.1) is 0 Å². The van der Waals surface area contributed by atoms with E-state index in [9.17, 15) is 0 Å². The Morgan fingerprint density at radius 1 is 0.963 bits per heavy atom. The number of rotatable bonds is 6. The van der Waals surface area contributed by atoms with Crippen molar-refractivity contribution in [3.63, 3.8) is 0 Å². The number of hydrogen-bond donors (Lipinski definition) is 0. The number of methoxy groups -OCH3 is 1. The Morgan fingerprint density at radius 2 is 1.70 bits per heavy atom. The summed E-state index contributed by atoms with van der Waals surface area (Å²) in [4.78, 5) is 5.55. The molecule has 3 atom stereocenters. The van der Waals surface area contributed by atoms with Gasteiger partial charge in [-0.05, 0) is 75.2 Å². The van der Waals surface area contributed by atoms with Crippen LogP contribution >= 0.6 is 0 Å². The van der Waals surface area contributed by atoms with Gasteiger partial charge in [-0.2, -0.15) is 0 Å². The minimum atomic E-state index is 0.670. The van der Waals surface area contributed by atoms with Crippen LogP contribution in [0.2, 0.25) is 0 Å². The molecule has 0 aromatic heterocycles. The molecule has 2 aliphatic heterocycles. The second-order valence-corrected chi connectivity index (χ2v) is 8.65. The molecule has 3 aliphatic rings. The lowest BCUT2D eigenvalue weighted by Gasteiger charge is -2.52. The number of piperidine rings is 2. The fourth-order valence-corrected chi connectivity index (χ4v) is 5.79. The Labute approximate surface area is 164 Å². The molecular formula is C23H36N2O2. The average Bonchev–Trinajstić information content (AvgIpc) is 2.69. The van der Waals surface area contributed by atoms with E-state index in [0.29, 0.717) is 6.61 Å². The first-order valence-electron chi connectivity index (χ1n) is 11.0. The van der Waals surface area contributed by atoms with E-state index in [1.54, 1.807) is 7.11 Å². The van der Waals surface area contributed by atoms with E-state index >= 15 is 0 Å². The van der Waals surface area contributed by atoms with Gasteiger partial charge in [0.15, 0.2) is 11.5 Å². The summed E-state index contributed by atoms with van der Waals surface area (Å²) in [6.45, 7) is 8.91. The zero-order chi connectivity index (χ0) is 18.6. The summed E-state index contributed by atoms with van der Waals surface area (Å²) in [5.41, 5.74) is 1.34. The van der Waals surface area contributed by atoms with Gasteiger partial charge in [-0.1, -0.05) is 18.9 Å². The van der Waals surface area contributed by atoms with Gasteiger partial charge in [0.1, 0.15) is 0 Å². The van der Waals surface area contributed by atoms with Crippen LogP contribution < -0.4 is 9.47 Å². The van der Waals surface area contributed by atoms with Crippen molar-refractivity contribution in [1.82, 2.24) is 9.80 Å². The lowest BCUT2D eigenvalue weighted by Crippen LogP contribution is -2.58. The second-order valence-electron chi connectivity index (χ2n) is 8.65. The highest BCUT2D eigenvalue weighted by Gasteiger charge is 2.42. The third-order valence-electron chi connectivity index (χ3n) is 6.85. The van der Waals surface area contributed by atoms with Crippen molar-refractivity contribution in [3.05, 3.63) is 23.8 Å². The Kier molecular flexibility index (Phi) is 6.24. The van der Waals surface area contributed by atoms with Gasteiger partial charge >= 0.3 is 0 Å². The van der Waals surface area contributed by atoms with Crippen LogP contribution in [-0.4, -0.2) is 55.7 Å². The van der Waals surface area contributed by atoms with Gasteiger partial charge in [0.2, 0.25) is 0 Å². The second kappa shape index (κ2) is 8.83. The number of fused-ring (bicyclic) bond motifs is 2. The minimum absolute atomic E-state index is 0.670. The van der Waals surface area contributed by atoms with Crippen molar-refractivity contribution >= 4 is 0 Å². The molecule has 0 spiro atoms. The molecule has 27 heavy (non-hydrogen) atoms. The van der Waals surface area contributed by atoms with Crippen LogP contribution in [0.5, 0.6) is 11.5 Å². The van der Waals surface area contributed by atoms with Crippen molar-refractivity contribution in [3.8, 4) is 11.5 Å². The van der Waals surface area contributed by atoms with Gasteiger partial charge in [0.05, 0.1) is 13.7 Å². The molecule has 1 aromatic rings. The Balaban J connectivity index is 1.43. The molecular weight excluding hydrogens is 336 g/mol. The predicted molar refractivity (Wildman–Crippen MR) is 109 cm³/mol. The fraction of sp³-hybridized carbons (Fsp3) is 0.739. The van der Waals surface area contributed by atoms with Crippen LogP contribution in [0.4, 0.5) is 0 Å². The van der Waals surface area contributed by atoms with Crippen molar-refractivity contribution in [2.75, 3.05) is 39.9 Å². The van der Waals surface area contributed by atoms with Gasteiger partial charge < -0.3 is 9.47 Å². The molecule has 150 valence electrons. The van der Waals surface area contributed by atoms with E-state index in [1.807, 2.05) is 6.92 Å². The van der Waals surface area contributed by atoms with Gasteiger partial charge in [-0.3, -0.25) is 9.80 Å². The van der Waals surface area contributed by atoms with Crippen molar-refractivity contribution in [1.29, 1.82) is 0 Å². The molecule has 0 N–H and O–H groups in total. The topological polar surface area (TPSA) is 24.9 Å². The zero-order valence-electron chi connectivity index (χ0n) is 17.2. The molecule has 0 radical (unpaired) electrons. The first kappa shape index (κ1) is 19.1. The summed E-state index contributed by atoms with van der Waals surface area (Å²) in [5.74, 6) is 3.43. The number of ether oxygens (including phenoxy) is 2. The number of nitrogens with zero attached hydrogens (tertiary/aromatic N) is 2. The standard InChI is InChI=1S/C23H36N2O2/c1-3-27-21-11-10-18(14-22(21)26-2)15-24-16-19-8-7-9-20(17-24)23(19)25-12-5-4-6-13-25/h10-11,14,19-20,23H,3-9,12-13,15-17H2,1-2H3/t19-,20+,23?. The highest BCUT2D eigenvalue weighted by Crippen LogP contribution is 2.39. The van der Waals surface area contributed by atoms with Crippen molar-refractivity contribution < 1.29 is 9.47 Å². The predicted octanol–water partition coefficient (Wildman–Crippen LogP) is 4.18. The van der Waals surface area contributed by atoms with Crippen LogP contribution in [0, 0.1) is 11.8 Å². The molecule has 2 saturated heterocycles. The molecule has 2 heterocycles. The Morgan fingerprint density at radius 3 is 2.37 bits per heavy atom. The van der Waals surface area contributed by atoms with Crippen molar-refractivity contribution in [2.45, 2.75) is 58.0 Å². The first-order chi connectivity index (χ1) is 13.3. The molecule has 1 aliphatic carbocycles. The summed E-state index contributed by atoms with van der Waals surface area (Å²) in [7, 11) is 1.73. The SMILES string of the molecule is CCOc1ccc(CN2C[C@H]3CCC[C@@H](C2)C3N2CCCCC2)cc1OC. The molecule has 1 aromatic carbocycles. The summed E-state index contributed by atoms with van der Waals surface area (Å²) >= 11 is 0. The largest absolute Gasteiger partial charge is 0.493 e. The monoisotopic (exact) mass is 372 g/mol. The highest BCUT2D eigenvalue weighted by atomic mass is 16.5. The van der Waals surface area contributed by atoms with Gasteiger partial charge in [0.25, 0.3) is 0 Å². The summed E-state index contributed by atoms with van der Waals surface area (Å²) < 4.78 is 11.2. The van der Waals surface area contributed by atoms with E-state index in [2.05, 4.69) is 28.0 Å². The maximum atomic E-state index is 5.67. The number of benzene rings is 1. The molecule has 0 amide bonds. The molecule has 4 rings (SSSR count). The van der Waals surface area contributed by atoms with Gasteiger partial charge in [-0.25, -0.2) is 0 Å². The van der Waals surface area contributed by atoms with Crippen LogP contribution in [-0.2, 0) is 6.54 Å². The molecule has 1 unspecified atom stereocenters. The molecule has 2 bridgehead atoms. The third kappa shape index (κ3) is 4.27. The maximum absolute atomic E-state index is 5.67. The smallest absolute Gasteiger partial charge is 0.161 e. The van der Waals surface area contributed by atoms with E-state index in [-0.39, 0.29) is 0 Å². The van der Waals surface area contributed by atoms with E-state index < -0.39 is 0 Å². The van der Waals surface area contributed by atoms with E-state index in [1.165, 1.54) is 70.3 Å². The minimum Gasteiger partial charge on any atom is -0.493 e.